The topological polar surface area (TPSA) is 65.5 Å². The van der Waals surface area contributed by atoms with Crippen molar-refractivity contribution in [2.45, 2.75) is 42.7 Å². The fourth-order valence-electron chi connectivity index (χ4n) is 3.54. The van der Waals surface area contributed by atoms with E-state index in [1.807, 2.05) is 17.0 Å². The molecule has 6 nitrogen and oxygen atoms in total. The van der Waals surface area contributed by atoms with Crippen LogP contribution >= 0.6 is 11.8 Å². The third kappa shape index (κ3) is 5.21. The van der Waals surface area contributed by atoms with Crippen molar-refractivity contribution < 1.29 is 9.59 Å². The van der Waals surface area contributed by atoms with Gasteiger partial charge in [0.15, 0.2) is 0 Å². The van der Waals surface area contributed by atoms with E-state index in [4.69, 9.17) is 0 Å². The first-order valence-electron chi connectivity index (χ1n) is 10.5. The predicted octanol–water partition coefficient (Wildman–Crippen LogP) is 2.89. The molecule has 158 valence electrons. The standard InChI is InChI=1S/C23H28N4O2S/c1-16-5-6-17(2)20(14-16)30-22-19(4-3-9-24-22)23(29)27-12-10-26(11-13-27)15-21(28)25-18-7-8-18/h3-6,9,14,18H,7-8,10-13,15H2,1-2H3,(H,25,28). The van der Waals surface area contributed by atoms with E-state index in [0.29, 0.717) is 44.3 Å². The highest BCUT2D eigenvalue weighted by Crippen LogP contribution is 2.32. The van der Waals surface area contributed by atoms with Crippen LogP contribution in [0.3, 0.4) is 0 Å². The lowest BCUT2D eigenvalue weighted by Gasteiger charge is -2.34. The van der Waals surface area contributed by atoms with Crippen molar-refractivity contribution in [3.8, 4) is 0 Å². The second-order valence-electron chi connectivity index (χ2n) is 8.14. The summed E-state index contributed by atoms with van der Waals surface area (Å²) in [4.78, 5) is 34.9. The molecule has 1 aliphatic carbocycles. The van der Waals surface area contributed by atoms with Crippen LogP contribution in [0.5, 0.6) is 0 Å². The van der Waals surface area contributed by atoms with Crippen LogP contribution in [0.4, 0.5) is 0 Å². The molecule has 1 aromatic carbocycles. The van der Waals surface area contributed by atoms with Gasteiger partial charge in [0, 0.05) is 43.3 Å². The lowest BCUT2D eigenvalue weighted by atomic mass is 10.2. The van der Waals surface area contributed by atoms with E-state index in [1.54, 1.807) is 18.0 Å². The van der Waals surface area contributed by atoms with Crippen LogP contribution < -0.4 is 5.32 Å². The number of aryl methyl sites for hydroxylation is 2. The molecule has 0 spiro atoms. The van der Waals surface area contributed by atoms with Crippen molar-refractivity contribution in [3.63, 3.8) is 0 Å². The van der Waals surface area contributed by atoms with Gasteiger partial charge in [0.2, 0.25) is 5.91 Å². The lowest BCUT2D eigenvalue weighted by molar-refractivity contribution is -0.122. The molecule has 0 bridgehead atoms. The van der Waals surface area contributed by atoms with Gasteiger partial charge in [-0.1, -0.05) is 23.9 Å². The number of piperazine rings is 1. The van der Waals surface area contributed by atoms with E-state index >= 15 is 0 Å². The molecular weight excluding hydrogens is 396 g/mol. The molecule has 2 heterocycles. The Labute approximate surface area is 182 Å². The normalized spacial score (nSPS) is 17.1. The van der Waals surface area contributed by atoms with Gasteiger partial charge in [-0.05, 0) is 56.0 Å². The van der Waals surface area contributed by atoms with E-state index in [2.05, 4.69) is 47.2 Å². The molecule has 1 saturated heterocycles. The largest absolute Gasteiger partial charge is 0.352 e. The number of aromatic nitrogens is 1. The van der Waals surface area contributed by atoms with Crippen LogP contribution in [-0.2, 0) is 4.79 Å². The van der Waals surface area contributed by atoms with Crippen molar-refractivity contribution in [3.05, 3.63) is 53.2 Å². The molecule has 2 amide bonds. The third-order valence-electron chi connectivity index (χ3n) is 5.52. The number of hydrogen-bond donors (Lipinski definition) is 1. The highest BCUT2D eigenvalue weighted by atomic mass is 32.2. The molecule has 1 aliphatic heterocycles. The van der Waals surface area contributed by atoms with Crippen molar-refractivity contribution in [2.24, 2.45) is 0 Å². The Hall–Kier alpha value is -2.38. The van der Waals surface area contributed by atoms with E-state index in [-0.39, 0.29) is 11.8 Å². The monoisotopic (exact) mass is 424 g/mol. The van der Waals surface area contributed by atoms with Crippen LogP contribution in [0.15, 0.2) is 46.5 Å². The first-order valence-corrected chi connectivity index (χ1v) is 11.3. The fraction of sp³-hybridized carbons (Fsp3) is 0.435. The van der Waals surface area contributed by atoms with Gasteiger partial charge in [0.1, 0.15) is 5.03 Å². The summed E-state index contributed by atoms with van der Waals surface area (Å²) in [6.07, 6.45) is 3.93. The van der Waals surface area contributed by atoms with E-state index in [0.717, 1.165) is 22.8 Å². The smallest absolute Gasteiger partial charge is 0.256 e. The maximum absolute atomic E-state index is 13.2. The van der Waals surface area contributed by atoms with Gasteiger partial charge in [-0.3, -0.25) is 14.5 Å². The Bertz CT molecular complexity index is 937. The summed E-state index contributed by atoms with van der Waals surface area (Å²) in [6, 6.07) is 10.4. The number of nitrogens with one attached hydrogen (secondary N) is 1. The third-order valence-corrected chi connectivity index (χ3v) is 6.70. The van der Waals surface area contributed by atoms with Crippen LogP contribution in [0, 0.1) is 13.8 Å². The Morgan fingerprint density at radius 3 is 2.63 bits per heavy atom. The Kier molecular flexibility index (Phi) is 6.39. The molecule has 2 aliphatic rings. The minimum atomic E-state index is 0.0120. The number of pyridine rings is 1. The summed E-state index contributed by atoms with van der Waals surface area (Å²) < 4.78 is 0. The van der Waals surface area contributed by atoms with Gasteiger partial charge < -0.3 is 10.2 Å². The minimum Gasteiger partial charge on any atom is -0.352 e. The molecule has 30 heavy (non-hydrogen) atoms. The molecular formula is C23H28N4O2S. The maximum atomic E-state index is 13.2. The first-order chi connectivity index (χ1) is 14.5. The Balaban J connectivity index is 1.39. The van der Waals surface area contributed by atoms with Crippen LogP contribution in [0.25, 0.3) is 0 Å². The lowest BCUT2D eigenvalue weighted by Crippen LogP contribution is -2.51. The molecule has 0 unspecified atom stereocenters. The predicted molar refractivity (Wildman–Crippen MR) is 118 cm³/mol. The summed E-state index contributed by atoms with van der Waals surface area (Å²) in [5.41, 5.74) is 3.00. The van der Waals surface area contributed by atoms with Crippen molar-refractivity contribution in [1.82, 2.24) is 20.1 Å². The minimum absolute atomic E-state index is 0.0120. The van der Waals surface area contributed by atoms with Gasteiger partial charge in [-0.25, -0.2) is 4.98 Å². The summed E-state index contributed by atoms with van der Waals surface area (Å²) in [7, 11) is 0. The molecule has 2 aromatic rings. The zero-order chi connectivity index (χ0) is 21.1. The number of amides is 2. The van der Waals surface area contributed by atoms with Gasteiger partial charge in [-0.2, -0.15) is 0 Å². The average molecular weight is 425 g/mol. The molecule has 0 radical (unpaired) electrons. The Morgan fingerprint density at radius 1 is 1.13 bits per heavy atom. The van der Waals surface area contributed by atoms with E-state index in [1.165, 1.54) is 11.1 Å². The zero-order valence-electron chi connectivity index (χ0n) is 17.6. The van der Waals surface area contributed by atoms with Crippen LogP contribution in [-0.4, -0.2) is 65.4 Å². The number of carbonyl (C=O) groups excluding carboxylic acids is 2. The highest BCUT2D eigenvalue weighted by molar-refractivity contribution is 7.99. The summed E-state index contributed by atoms with van der Waals surface area (Å²) >= 11 is 1.55. The van der Waals surface area contributed by atoms with Gasteiger partial charge in [-0.15, -0.1) is 0 Å². The summed E-state index contributed by atoms with van der Waals surface area (Å²) in [6.45, 7) is 7.23. The number of nitrogens with zero attached hydrogens (tertiary/aromatic N) is 3. The molecule has 7 heteroatoms. The first kappa shape index (κ1) is 20.9. The van der Waals surface area contributed by atoms with Crippen molar-refractivity contribution in [1.29, 1.82) is 0 Å². The van der Waals surface area contributed by atoms with Crippen molar-refractivity contribution in [2.75, 3.05) is 32.7 Å². The summed E-state index contributed by atoms with van der Waals surface area (Å²) in [5.74, 6) is 0.106. The van der Waals surface area contributed by atoms with E-state index < -0.39 is 0 Å². The molecule has 0 atom stereocenters. The van der Waals surface area contributed by atoms with Gasteiger partial charge in [0.25, 0.3) is 5.91 Å². The molecule has 4 rings (SSSR count). The molecule has 1 saturated carbocycles. The second kappa shape index (κ2) is 9.18. The zero-order valence-corrected chi connectivity index (χ0v) is 18.4. The van der Waals surface area contributed by atoms with Crippen molar-refractivity contribution >= 4 is 23.6 Å². The summed E-state index contributed by atoms with van der Waals surface area (Å²) in [5, 5.41) is 3.77. The second-order valence-corrected chi connectivity index (χ2v) is 9.17. The molecule has 2 fully saturated rings. The fourth-order valence-corrected chi connectivity index (χ4v) is 4.60. The molecule has 1 N–H and O–H groups in total. The number of benzene rings is 1. The average Bonchev–Trinajstić information content (AvgIpc) is 3.55. The number of carbonyl (C=O) groups is 2. The van der Waals surface area contributed by atoms with E-state index in [9.17, 15) is 9.59 Å². The Morgan fingerprint density at radius 2 is 1.90 bits per heavy atom. The maximum Gasteiger partial charge on any atom is 0.256 e. The van der Waals surface area contributed by atoms with Gasteiger partial charge in [0.05, 0.1) is 12.1 Å². The van der Waals surface area contributed by atoms with Gasteiger partial charge >= 0.3 is 0 Å². The number of hydrogen-bond acceptors (Lipinski definition) is 5. The SMILES string of the molecule is Cc1ccc(C)c(Sc2ncccc2C(=O)N2CCN(CC(=O)NC3CC3)CC2)c1. The quantitative estimate of drug-likeness (QED) is 0.773. The van der Waals surface area contributed by atoms with Crippen LogP contribution in [0.2, 0.25) is 0 Å². The molecule has 1 aromatic heterocycles. The number of rotatable bonds is 6. The van der Waals surface area contributed by atoms with Crippen LogP contribution in [0.1, 0.15) is 34.3 Å². The highest BCUT2D eigenvalue weighted by Gasteiger charge is 2.27.